The van der Waals surface area contributed by atoms with Crippen LogP contribution >= 0.6 is 22.9 Å². The summed E-state index contributed by atoms with van der Waals surface area (Å²) >= 11 is 7.51. The third-order valence-electron chi connectivity index (χ3n) is 2.43. The van der Waals surface area contributed by atoms with E-state index >= 15 is 0 Å². The molecule has 2 N–H and O–H groups in total. The highest BCUT2D eigenvalue weighted by Crippen LogP contribution is 2.22. The summed E-state index contributed by atoms with van der Waals surface area (Å²) in [6.07, 6.45) is 1.89. The Morgan fingerprint density at radius 1 is 1.47 bits per heavy atom. The van der Waals surface area contributed by atoms with Gasteiger partial charge in [0, 0.05) is 24.2 Å². The van der Waals surface area contributed by atoms with Crippen molar-refractivity contribution in [2.24, 2.45) is 0 Å². The van der Waals surface area contributed by atoms with E-state index in [0.29, 0.717) is 5.82 Å². The molecule has 6 heteroatoms. The highest BCUT2D eigenvalue weighted by atomic mass is 35.5. The van der Waals surface area contributed by atoms with Crippen LogP contribution in [0.3, 0.4) is 0 Å². The molecule has 17 heavy (non-hydrogen) atoms. The van der Waals surface area contributed by atoms with Gasteiger partial charge in [-0.3, -0.25) is 9.58 Å². The van der Waals surface area contributed by atoms with Gasteiger partial charge >= 0.3 is 0 Å². The number of hydrogen-bond acceptors (Lipinski definition) is 4. The second kappa shape index (κ2) is 5.53. The number of thiophene rings is 1. The van der Waals surface area contributed by atoms with Crippen molar-refractivity contribution in [1.29, 1.82) is 0 Å². The lowest BCUT2D eigenvalue weighted by molar-refractivity contribution is 0.308. The van der Waals surface area contributed by atoms with Crippen molar-refractivity contribution in [3.05, 3.63) is 33.6 Å². The zero-order valence-corrected chi connectivity index (χ0v) is 11.2. The van der Waals surface area contributed by atoms with Crippen LogP contribution in [-0.4, -0.2) is 28.3 Å². The van der Waals surface area contributed by atoms with Gasteiger partial charge in [0.2, 0.25) is 0 Å². The molecule has 0 spiro atoms. The van der Waals surface area contributed by atoms with E-state index in [9.17, 15) is 0 Å². The summed E-state index contributed by atoms with van der Waals surface area (Å²) in [5, 5.41) is 4.14. The summed E-state index contributed by atoms with van der Waals surface area (Å²) in [4.78, 5) is 3.51. The Hall–Kier alpha value is -1.04. The molecule has 0 atom stereocenters. The third kappa shape index (κ3) is 3.73. The minimum Gasteiger partial charge on any atom is -0.382 e. The van der Waals surface area contributed by atoms with E-state index in [1.165, 1.54) is 4.88 Å². The van der Waals surface area contributed by atoms with Crippen LogP contribution in [0.4, 0.5) is 5.82 Å². The van der Waals surface area contributed by atoms with Crippen LogP contribution in [0.2, 0.25) is 4.34 Å². The Balaban J connectivity index is 1.79. The van der Waals surface area contributed by atoms with E-state index in [-0.39, 0.29) is 0 Å². The predicted molar refractivity (Wildman–Crippen MR) is 72.3 cm³/mol. The molecule has 4 nitrogen and oxygen atoms in total. The van der Waals surface area contributed by atoms with Gasteiger partial charge in [-0.15, -0.1) is 11.3 Å². The summed E-state index contributed by atoms with van der Waals surface area (Å²) in [7, 11) is 2.08. The Bertz CT molecular complexity index is 479. The summed E-state index contributed by atoms with van der Waals surface area (Å²) in [6, 6.07) is 5.80. The normalized spacial score (nSPS) is 11.2. The maximum atomic E-state index is 5.89. The van der Waals surface area contributed by atoms with Crippen molar-refractivity contribution in [1.82, 2.24) is 14.7 Å². The molecular formula is C11H15ClN4S. The van der Waals surface area contributed by atoms with E-state index in [0.717, 1.165) is 24.0 Å². The molecule has 2 heterocycles. The lowest BCUT2D eigenvalue weighted by Gasteiger charge is -2.15. The minimum atomic E-state index is 0.567. The fourth-order valence-electron chi connectivity index (χ4n) is 1.56. The number of halogens is 1. The quantitative estimate of drug-likeness (QED) is 0.907. The second-order valence-corrected chi connectivity index (χ2v) is 5.75. The van der Waals surface area contributed by atoms with Gasteiger partial charge in [-0.05, 0) is 25.2 Å². The van der Waals surface area contributed by atoms with E-state index in [1.54, 1.807) is 17.4 Å². The fraction of sp³-hybridized carbons (Fsp3) is 0.364. The topological polar surface area (TPSA) is 47.1 Å². The van der Waals surface area contributed by atoms with Crippen molar-refractivity contribution < 1.29 is 0 Å². The Morgan fingerprint density at radius 3 is 2.88 bits per heavy atom. The number of aromatic nitrogens is 2. The smallest absolute Gasteiger partial charge is 0.145 e. The van der Waals surface area contributed by atoms with Gasteiger partial charge in [0.25, 0.3) is 0 Å². The number of anilines is 1. The zero-order chi connectivity index (χ0) is 12.3. The van der Waals surface area contributed by atoms with Gasteiger partial charge in [0.1, 0.15) is 5.82 Å². The van der Waals surface area contributed by atoms with Gasteiger partial charge in [-0.1, -0.05) is 11.6 Å². The van der Waals surface area contributed by atoms with Crippen LogP contribution < -0.4 is 5.73 Å². The lowest BCUT2D eigenvalue weighted by atomic mass is 10.4. The van der Waals surface area contributed by atoms with Crippen LogP contribution in [-0.2, 0) is 13.1 Å². The van der Waals surface area contributed by atoms with Gasteiger partial charge in [-0.2, -0.15) is 5.10 Å². The summed E-state index contributed by atoms with van der Waals surface area (Å²) in [5.74, 6) is 0.567. The SMILES string of the molecule is CN(CCn1ccc(N)n1)Cc1ccc(Cl)s1. The summed E-state index contributed by atoms with van der Waals surface area (Å²) in [6.45, 7) is 2.68. The fourth-order valence-corrected chi connectivity index (χ4v) is 2.72. The maximum absolute atomic E-state index is 5.89. The zero-order valence-electron chi connectivity index (χ0n) is 9.64. The van der Waals surface area contributed by atoms with E-state index in [1.807, 2.05) is 16.9 Å². The molecule has 2 rings (SSSR count). The highest BCUT2D eigenvalue weighted by molar-refractivity contribution is 7.16. The lowest BCUT2D eigenvalue weighted by Crippen LogP contribution is -2.22. The first-order chi connectivity index (χ1) is 8.13. The molecule has 0 saturated carbocycles. The first-order valence-corrected chi connectivity index (χ1v) is 6.54. The van der Waals surface area contributed by atoms with Crippen molar-refractivity contribution in [3.8, 4) is 0 Å². The molecule has 2 aromatic heterocycles. The number of nitrogens with zero attached hydrogens (tertiary/aromatic N) is 3. The van der Waals surface area contributed by atoms with Crippen molar-refractivity contribution in [2.75, 3.05) is 19.3 Å². The minimum absolute atomic E-state index is 0.567. The first-order valence-electron chi connectivity index (χ1n) is 5.35. The third-order valence-corrected chi connectivity index (χ3v) is 3.64. The van der Waals surface area contributed by atoms with E-state index < -0.39 is 0 Å². The van der Waals surface area contributed by atoms with Crippen LogP contribution in [0.1, 0.15) is 4.88 Å². The molecule has 0 aromatic carbocycles. The average molecular weight is 271 g/mol. The van der Waals surface area contributed by atoms with Gasteiger partial charge in [-0.25, -0.2) is 0 Å². The molecule has 0 radical (unpaired) electrons. The first kappa shape index (κ1) is 12.4. The van der Waals surface area contributed by atoms with Gasteiger partial charge < -0.3 is 5.73 Å². The summed E-state index contributed by atoms with van der Waals surface area (Å²) in [5.41, 5.74) is 5.55. The molecule has 0 saturated heterocycles. The molecule has 0 unspecified atom stereocenters. The van der Waals surface area contributed by atoms with E-state index in [4.69, 9.17) is 17.3 Å². The number of nitrogen functional groups attached to an aromatic ring is 1. The van der Waals surface area contributed by atoms with E-state index in [2.05, 4.69) is 23.1 Å². The molecule has 0 aliphatic carbocycles. The van der Waals surface area contributed by atoms with Crippen LogP contribution in [0.5, 0.6) is 0 Å². The van der Waals surface area contributed by atoms with Crippen molar-refractivity contribution in [3.63, 3.8) is 0 Å². The monoisotopic (exact) mass is 270 g/mol. The number of likely N-dealkylation sites (N-methyl/N-ethyl adjacent to an activating group) is 1. The predicted octanol–water partition coefficient (Wildman–Crippen LogP) is 2.31. The molecule has 0 bridgehead atoms. The standard InChI is InChI=1S/C11H15ClN4S/c1-15(8-9-2-3-10(12)17-9)6-7-16-5-4-11(13)14-16/h2-5H,6-8H2,1H3,(H2,13,14). The maximum Gasteiger partial charge on any atom is 0.145 e. The molecule has 2 aromatic rings. The molecule has 0 amide bonds. The number of nitrogens with two attached hydrogens (primary N) is 1. The number of rotatable bonds is 5. The van der Waals surface area contributed by atoms with Crippen molar-refractivity contribution >= 4 is 28.8 Å². The molecule has 0 aliphatic heterocycles. The molecule has 0 aliphatic rings. The largest absolute Gasteiger partial charge is 0.382 e. The Labute approximate surface area is 110 Å². The van der Waals surface area contributed by atoms with Gasteiger partial charge in [0.05, 0.1) is 10.9 Å². The second-order valence-electron chi connectivity index (χ2n) is 3.95. The van der Waals surface area contributed by atoms with Crippen LogP contribution in [0.25, 0.3) is 0 Å². The Morgan fingerprint density at radius 2 is 2.29 bits per heavy atom. The Kier molecular flexibility index (Phi) is 4.04. The number of hydrogen-bond donors (Lipinski definition) is 1. The van der Waals surface area contributed by atoms with Gasteiger partial charge in [0.15, 0.2) is 0 Å². The highest BCUT2D eigenvalue weighted by Gasteiger charge is 2.03. The molecule has 92 valence electrons. The van der Waals surface area contributed by atoms with Crippen LogP contribution in [0.15, 0.2) is 24.4 Å². The molecule has 0 fully saturated rings. The summed E-state index contributed by atoms with van der Waals surface area (Å²) < 4.78 is 2.70. The van der Waals surface area contributed by atoms with Crippen molar-refractivity contribution in [2.45, 2.75) is 13.1 Å². The average Bonchev–Trinajstić information content (AvgIpc) is 2.85. The van der Waals surface area contributed by atoms with Crippen LogP contribution in [0, 0.1) is 0 Å². The molecular weight excluding hydrogens is 256 g/mol.